The monoisotopic (exact) mass is 298 g/mol. The number of hydrogen-bond acceptors (Lipinski definition) is 2. The molecule has 1 aromatic carbocycles. The second kappa shape index (κ2) is 6.17. The molecule has 0 spiro atoms. The number of hydrogen-bond donors (Lipinski definition) is 2. The lowest BCUT2D eigenvalue weighted by molar-refractivity contribution is -0.123. The van der Waals surface area contributed by atoms with Crippen LogP contribution < -0.4 is 11.1 Å². The number of carbonyl (C=O) groups is 1. The van der Waals surface area contributed by atoms with Gasteiger partial charge in [0.2, 0.25) is 5.91 Å². The molecule has 3 nitrogen and oxygen atoms in total. The third kappa shape index (κ3) is 4.13. The number of benzene rings is 1. The van der Waals surface area contributed by atoms with E-state index in [0.717, 1.165) is 10.0 Å². The Balaban J connectivity index is 2.66. The lowest BCUT2D eigenvalue weighted by Crippen LogP contribution is -2.44. The van der Waals surface area contributed by atoms with Crippen LogP contribution in [-0.2, 0) is 4.79 Å². The maximum absolute atomic E-state index is 11.8. The molecule has 2 atom stereocenters. The van der Waals surface area contributed by atoms with Crippen molar-refractivity contribution >= 4 is 21.8 Å². The van der Waals surface area contributed by atoms with Gasteiger partial charge in [-0.25, -0.2) is 0 Å². The summed E-state index contributed by atoms with van der Waals surface area (Å²) >= 11 is 3.41. The summed E-state index contributed by atoms with van der Waals surface area (Å²) in [4.78, 5) is 11.8. The van der Waals surface area contributed by atoms with Gasteiger partial charge < -0.3 is 11.1 Å². The van der Waals surface area contributed by atoms with Gasteiger partial charge in [0.25, 0.3) is 0 Å². The topological polar surface area (TPSA) is 55.1 Å². The predicted octanol–water partition coefficient (Wildman–Crippen LogP) is 2.61. The highest BCUT2D eigenvalue weighted by Gasteiger charge is 2.19. The minimum Gasteiger partial charge on any atom is -0.348 e. The van der Waals surface area contributed by atoms with Gasteiger partial charge in [0, 0.05) is 4.47 Å². The van der Waals surface area contributed by atoms with Crippen LogP contribution in [0.25, 0.3) is 0 Å². The first-order valence-electron chi connectivity index (χ1n) is 5.73. The molecule has 1 rings (SSSR count). The van der Waals surface area contributed by atoms with Crippen molar-refractivity contribution in [3.63, 3.8) is 0 Å². The van der Waals surface area contributed by atoms with Crippen molar-refractivity contribution in [2.45, 2.75) is 32.9 Å². The summed E-state index contributed by atoms with van der Waals surface area (Å²) in [5.41, 5.74) is 6.85. The van der Waals surface area contributed by atoms with Crippen molar-refractivity contribution in [2.75, 3.05) is 0 Å². The maximum atomic E-state index is 11.8. The van der Waals surface area contributed by atoms with E-state index in [-0.39, 0.29) is 17.9 Å². The van der Waals surface area contributed by atoms with Crippen molar-refractivity contribution in [3.05, 3.63) is 34.3 Å². The molecule has 17 heavy (non-hydrogen) atoms. The molecule has 0 fully saturated rings. The van der Waals surface area contributed by atoms with Crippen LogP contribution in [0.15, 0.2) is 28.7 Å². The van der Waals surface area contributed by atoms with Crippen LogP contribution in [0.1, 0.15) is 32.4 Å². The van der Waals surface area contributed by atoms with E-state index in [0.29, 0.717) is 0 Å². The van der Waals surface area contributed by atoms with Gasteiger partial charge in [-0.05, 0) is 30.5 Å². The van der Waals surface area contributed by atoms with Gasteiger partial charge in [-0.2, -0.15) is 0 Å². The van der Waals surface area contributed by atoms with Crippen LogP contribution >= 0.6 is 15.9 Å². The molecule has 0 aliphatic heterocycles. The van der Waals surface area contributed by atoms with E-state index in [1.54, 1.807) is 0 Å². The van der Waals surface area contributed by atoms with Gasteiger partial charge in [-0.15, -0.1) is 0 Å². The summed E-state index contributed by atoms with van der Waals surface area (Å²) in [5.74, 6) is 0.0391. The molecule has 0 aromatic heterocycles. The Morgan fingerprint density at radius 3 is 2.53 bits per heavy atom. The van der Waals surface area contributed by atoms with Crippen LogP contribution in [0.2, 0.25) is 0 Å². The Hall–Kier alpha value is -0.870. The number of nitrogens with two attached hydrogens (primary N) is 1. The fraction of sp³-hybridized carbons (Fsp3) is 0.462. The molecular formula is C13H19BrN2O. The van der Waals surface area contributed by atoms with Crippen LogP contribution in [0.5, 0.6) is 0 Å². The summed E-state index contributed by atoms with van der Waals surface area (Å²) in [6, 6.07) is 7.39. The first-order chi connectivity index (χ1) is 7.91. The molecule has 4 heteroatoms. The molecule has 1 aromatic rings. The molecule has 1 unspecified atom stereocenters. The average molecular weight is 299 g/mol. The Morgan fingerprint density at radius 1 is 1.35 bits per heavy atom. The Morgan fingerprint density at radius 2 is 2.00 bits per heavy atom. The minimum absolute atomic E-state index is 0.0372. The van der Waals surface area contributed by atoms with E-state index >= 15 is 0 Å². The van der Waals surface area contributed by atoms with E-state index < -0.39 is 6.04 Å². The highest BCUT2D eigenvalue weighted by Crippen LogP contribution is 2.18. The van der Waals surface area contributed by atoms with Gasteiger partial charge in [-0.3, -0.25) is 4.79 Å². The lowest BCUT2D eigenvalue weighted by Gasteiger charge is -2.20. The first-order valence-corrected chi connectivity index (χ1v) is 6.52. The van der Waals surface area contributed by atoms with E-state index in [2.05, 4.69) is 21.2 Å². The van der Waals surface area contributed by atoms with E-state index in [9.17, 15) is 4.79 Å². The Bertz CT molecular complexity index is 393. The molecule has 1 amide bonds. The lowest BCUT2D eigenvalue weighted by atomic mass is 10.0. The van der Waals surface area contributed by atoms with Crippen molar-refractivity contribution in [3.8, 4) is 0 Å². The molecule has 0 aliphatic carbocycles. The maximum Gasteiger partial charge on any atom is 0.237 e. The third-order valence-electron chi connectivity index (χ3n) is 2.73. The highest BCUT2D eigenvalue weighted by molar-refractivity contribution is 9.10. The zero-order valence-electron chi connectivity index (χ0n) is 10.4. The van der Waals surface area contributed by atoms with Crippen LogP contribution in [-0.4, -0.2) is 11.9 Å². The predicted molar refractivity (Wildman–Crippen MR) is 73.5 cm³/mol. The number of nitrogens with one attached hydrogen (secondary N) is 1. The van der Waals surface area contributed by atoms with Gasteiger partial charge in [0.1, 0.15) is 0 Å². The molecule has 0 saturated heterocycles. The van der Waals surface area contributed by atoms with E-state index in [1.165, 1.54) is 0 Å². The Labute approximate surface area is 111 Å². The van der Waals surface area contributed by atoms with Crippen LogP contribution in [0, 0.1) is 5.92 Å². The molecule has 0 aliphatic rings. The summed E-state index contributed by atoms with van der Waals surface area (Å²) in [6.45, 7) is 5.83. The number of halogens is 1. The smallest absolute Gasteiger partial charge is 0.237 e. The molecule has 0 bridgehead atoms. The highest BCUT2D eigenvalue weighted by atomic mass is 79.9. The van der Waals surface area contributed by atoms with Crippen LogP contribution in [0.4, 0.5) is 0 Å². The number of amides is 1. The van der Waals surface area contributed by atoms with Crippen molar-refractivity contribution in [1.82, 2.24) is 5.32 Å². The molecule has 0 radical (unpaired) electrons. The van der Waals surface area contributed by atoms with Crippen LogP contribution in [0.3, 0.4) is 0 Å². The summed E-state index contributed by atoms with van der Waals surface area (Å²) in [6.07, 6.45) is 0. The van der Waals surface area contributed by atoms with E-state index in [4.69, 9.17) is 5.73 Å². The molecular weight excluding hydrogens is 280 g/mol. The van der Waals surface area contributed by atoms with Gasteiger partial charge in [0.05, 0.1) is 12.1 Å². The molecule has 3 N–H and O–H groups in total. The minimum atomic E-state index is -0.454. The second-order valence-corrected chi connectivity index (χ2v) is 5.47. The Kier molecular flexibility index (Phi) is 5.15. The molecule has 0 saturated carbocycles. The quantitative estimate of drug-likeness (QED) is 0.898. The second-order valence-electron chi connectivity index (χ2n) is 4.56. The van der Waals surface area contributed by atoms with Gasteiger partial charge in [0.15, 0.2) is 0 Å². The SMILES string of the molecule is CC(NC(=O)[C@H](N)C(C)C)c1cccc(Br)c1. The average Bonchev–Trinajstić information content (AvgIpc) is 2.27. The van der Waals surface area contributed by atoms with Crippen molar-refractivity contribution in [2.24, 2.45) is 11.7 Å². The fourth-order valence-corrected chi connectivity index (χ4v) is 1.89. The summed E-state index contributed by atoms with van der Waals surface area (Å²) in [7, 11) is 0. The summed E-state index contributed by atoms with van der Waals surface area (Å²) < 4.78 is 1.00. The molecule has 0 heterocycles. The van der Waals surface area contributed by atoms with Gasteiger partial charge in [-0.1, -0.05) is 41.9 Å². The van der Waals surface area contributed by atoms with Crippen molar-refractivity contribution < 1.29 is 4.79 Å². The first kappa shape index (κ1) is 14.2. The fourth-order valence-electron chi connectivity index (χ4n) is 1.47. The zero-order valence-corrected chi connectivity index (χ0v) is 12.0. The molecule has 94 valence electrons. The number of rotatable bonds is 4. The van der Waals surface area contributed by atoms with Crippen molar-refractivity contribution in [1.29, 1.82) is 0 Å². The van der Waals surface area contributed by atoms with E-state index in [1.807, 2.05) is 45.0 Å². The zero-order chi connectivity index (χ0) is 13.0. The largest absolute Gasteiger partial charge is 0.348 e. The third-order valence-corrected chi connectivity index (χ3v) is 3.22. The standard InChI is InChI=1S/C13H19BrN2O/c1-8(2)12(15)13(17)16-9(3)10-5-4-6-11(14)7-10/h4-9,12H,15H2,1-3H3,(H,16,17)/t9?,12-/m1/s1. The van der Waals surface area contributed by atoms with Gasteiger partial charge >= 0.3 is 0 Å². The normalized spacial score (nSPS) is 14.5. The number of carbonyl (C=O) groups excluding carboxylic acids is 1. The summed E-state index contributed by atoms with van der Waals surface area (Å²) in [5, 5.41) is 2.92.